The van der Waals surface area contributed by atoms with Crippen molar-refractivity contribution in [3.05, 3.63) is 28.2 Å². The average molecular weight is 402 g/mol. The van der Waals surface area contributed by atoms with E-state index in [1.165, 1.54) is 4.90 Å². The topological polar surface area (TPSA) is 78.5 Å². The summed E-state index contributed by atoms with van der Waals surface area (Å²) in [6.45, 7) is 5.77. The molecule has 0 aliphatic carbocycles. The highest BCUT2D eigenvalue weighted by Gasteiger charge is 2.20. The number of hydrogen-bond acceptors (Lipinski definition) is 3. The Morgan fingerprint density at radius 1 is 1.12 bits per heavy atom. The van der Waals surface area contributed by atoms with Crippen molar-refractivity contribution in [2.45, 2.75) is 33.6 Å². The zero-order chi connectivity index (χ0) is 19.9. The van der Waals surface area contributed by atoms with Gasteiger partial charge < -0.3 is 15.5 Å². The van der Waals surface area contributed by atoms with E-state index in [4.69, 9.17) is 23.2 Å². The van der Waals surface area contributed by atoms with Gasteiger partial charge in [0.15, 0.2) is 0 Å². The molecule has 0 heterocycles. The highest BCUT2D eigenvalue weighted by Crippen LogP contribution is 2.29. The number of benzene rings is 1. The van der Waals surface area contributed by atoms with Crippen molar-refractivity contribution in [1.82, 2.24) is 10.2 Å². The van der Waals surface area contributed by atoms with Gasteiger partial charge in [-0.15, -0.1) is 0 Å². The summed E-state index contributed by atoms with van der Waals surface area (Å²) in [4.78, 5) is 37.2. The molecule has 144 valence electrons. The minimum atomic E-state index is -0.459. The SMILES string of the molecule is CN(CC(=O)Nc1c(Cl)cccc1Cl)C(=O)CCCNC(=O)C(C)(C)C. The molecule has 0 aliphatic heterocycles. The molecular weight excluding hydrogens is 377 g/mol. The molecule has 0 aromatic heterocycles. The monoisotopic (exact) mass is 401 g/mol. The van der Waals surface area contributed by atoms with Gasteiger partial charge in [-0.05, 0) is 18.6 Å². The average Bonchev–Trinajstić information content (AvgIpc) is 2.53. The molecule has 1 aromatic rings. The summed E-state index contributed by atoms with van der Waals surface area (Å²) in [5, 5.41) is 6.05. The van der Waals surface area contributed by atoms with Gasteiger partial charge in [-0.3, -0.25) is 14.4 Å². The van der Waals surface area contributed by atoms with Crippen LogP contribution in [-0.2, 0) is 14.4 Å². The number of halogens is 2. The number of amides is 3. The van der Waals surface area contributed by atoms with Crippen LogP contribution in [0.2, 0.25) is 10.0 Å². The number of anilines is 1. The smallest absolute Gasteiger partial charge is 0.244 e. The highest BCUT2D eigenvalue weighted by molar-refractivity contribution is 6.39. The zero-order valence-corrected chi connectivity index (χ0v) is 17.0. The van der Waals surface area contributed by atoms with E-state index in [1.54, 1.807) is 25.2 Å². The normalized spacial score (nSPS) is 11.0. The molecule has 26 heavy (non-hydrogen) atoms. The minimum absolute atomic E-state index is 0.0608. The first-order valence-electron chi connectivity index (χ1n) is 8.28. The second-order valence-electron chi connectivity index (χ2n) is 7.00. The molecular formula is C18H25Cl2N3O3. The first kappa shape index (κ1) is 22.3. The first-order valence-corrected chi connectivity index (χ1v) is 9.04. The Balaban J connectivity index is 2.40. The number of para-hydroxylation sites is 1. The van der Waals surface area contributed by atoms with Crippen molar-refractivity contribution < 1.29 is 14.4 Å². The Hall–Kier alpha value is -1.79. The third kappa shape index (κ3) is 7.22. The van der Waals surface area contributed by atoms with Crippen LogP contribution in [0.15, 0.2) is 18.2 Å². The van der Waals surface area contributed by atoms with E-state index < -0.39 is 11.3 Å². The Morgan fingerprint density at radius 2 is 1.69 bits per heavy atom. The second kappa shape index (κ2) is 9.78. The van der Waals surface area contributed by atoms with Crippen LogP contribution in [0.25, 0.3) is 0 Å². The largest absolute Gasteiger partial charge is 0.356 e. The number of rotatable bonds is 7. The summed E-state index contributed by atoms with van der Waals surface area (Å²) in [7, 11) is 1.55. The summed E-state index contributed by atoms with van der Waals surface area (Å²) >= 11 is 12.0. The van der Waals surface area contributed by atoms with Crippen molar-refractivity contribution in [2.24, 2.45) is 5.41 Å². The lowest BCUT2D eigenvalue weighted by Crippen LogP contribution is -2.37. The summed E-state index contributed by atoms with van der Waals surface area (Å²) in [6, 6.07) is 4.90. The van der Waals surface area contributed by atoms with Crippen molar-refractivity contribution in [3.8, 4) is 0 Å². The zero-order valence-electron chi connectivity index (χ0n) is 15.5. The standard InChI is InChI=1S/C18H25Cl2N3O3/c1-18(2,3)17(26)21-10-6-9-15(25)23(4)11-14(24)22-16-12(19)7-5-8-13(16)20/h5,7-8H,6,9-11H2,1-4H3,(H,21,26)(H,22,24). The van der Waals surface area contributed by atoms with Gasteiger partial charge in [0.2, 0.25) is 17.7 Å². The Kier molecular flexibility index (Phi) is 8.37. The Morgan fingerprint density at radius 3 is 2.23 bits per heavy atom. The van der Waals surface area contributed by atoms with Crippen molar-refractivity contribution in [2.75, 3.05) is 25.5 Å². The number of nitrogens with zero attached hydrogens (tertiary/aromatic N) is 1. The molecule has 1 rings (SSSR count). The Labute approximate surface area is 164 Å². The summed E-state index contributed by atoms with van der Waals surface area (Å²) < 4.78 is 0. The van der Waals surface area contributed by atoms with Crippen LogP contribution in [0.1, 0.15) is 33.6 Å². The van der Waals surface area contributed by atoms with Crippen LogP contribution in [0, 0.1) is 5.41 Å². The maximum atomic E-state index is 12.1. The fourth-order valence-electron chi connectivity index (χ4n) is 2.00. The number of carbonyl (C=O) groups excluding carboxylic acids is 3. The third-order valence-electron chi connectivity index (χ3n) is 3.57. The van der Waals surface area contributed by atoms with Crippen LogP contribution < -0.4 is 10.6 Å². The maximum Gasteiger partial charge on any atom is 0.244 e. The summed E-state index contributed by atoms with van der Waals surface area (Å²) in [5.74, 6) is -0.637. The predicted octanol–water partition coefficient (Wildman–Crippen LogP) is 3.33. The van der Waals surface area contributed by atoms with Gasteiger partial charge >= 0.3 is 0 Å². The molecule has 0 radical (unpaired) electrons. The second-order valence-corrected chi connectivity index (χ2v) is 7.82. The Bertz CT molecular complexity index is 652. The molecule has 0 spiro atoms. The number of likely N-dealkylation sites (N-methyl/N-ethyl adjacent to an activating group) is 1. The van der Waals surface area contributed by atoms with Crippen molar-refractivity contribution >= 4 is 46.6 Å². The van der Waals surface area contributed by atoms with E-state index in [-0.39, 0.29) is 24.8 Å². The molecule has 0 aliphatic rings. The van der Waals surface area contributed by atoms with Gasteiger partial charge in [0.05, 0.1) is 22.3 Å². The number of carbonyl (C=O) groups is 3. The molecule has 2 N–H and O–H groups in total. The molecule has 1 aromatic carbocycles. The molecule has 0 saturated carbocycles. The lowest BCUT2D eigenvalue weighted by Gasteiger charge is -2.19. The van der Waals surface area contributed by atoms with Crippen molar-refractivity contribution in [1.29, 1.82) is 0 Å². The van der Waals surface area contributed by atoms with Crippen LogP contribution in [-0.4, -0.2) is 42.8 Å². The van der Waals surface area contributed by atoms with E-state index in [9.17, 15) is 14.4 Å². The highest BCUT2D eigenvalue weighted by atomic mass is 35.5. The molecule has 6 nitrogen and oxygen atoms in total. The van der Waals surface area contributed by atoms with Crippen LogP contribution in [0.5, 0.6) is 0 Å². The van der Waals surface area contributed by atoms with Gasteiger partial charge in [0, 0.05) is 25.4 Å². The summed E-state index contributed by atoms with van der Waals surface area (Å²) in [5.41, 5.74) is -0.134. The summed E-state index contributed by atoms with van der Waals surface area (Å²) in [6.07, 6.45) is 0.740. The van der Waals surface area contributed by atoms with Crippen molar-refractivity contribution in [3.63, 3.8) is 0 Å². The van der Waals surface area contributed by atoms with Gasteiger partial charge in [-0.2, -0.15) is 0 Å². The van der Waals surface area contributed by atoms with Gasteiger partial charge in [0.1, 0.15) is 0 Å². The van der Waals surface area contributed by atoms with Gasteiger partial charge in [0.25, 0.3) is 0 Å². The molecule has 0 bridgehead atoms. The molecule has 0 fully saturated rings. The van der Waals surface area contributed by atoms with Crippen LogP contribution in [0.4, 0.5) is 5.69 Å². The predicted molar refractivity (Wildman–Crippen MR) is 104 cm³/mol. The van der Waals surface area contributed by atoms with E-state index in [1.807, 2.05) is 20.8 Å². The van der Waals surface area contributed by atoms with E-state index >= 15 is 0 Å². The number of nitrogens with one attached hydrogen (secondary N) is 2. The fourth-order valence-corrected chi connectivity index (χ4v) is 2.49. The van der Waals surface area contributed by atoms with Crippen LogP contribution >= 0.6 is 23.2 Å². The quantitative estimate of drug-likeness (QED) is 0.687. The van der Waals surface area contributed by atoms with Gasteiger partial charge in [-0.25, -0.2) is 0 Å². The molecule has 0 atom stereocenters. The van der Waals surface area contributed by atoms with E-state index in [0.29, 0.717) is 28.7 Å². The maximum absolute atomic E-state index is 12.1. The third-order valence-corrected chi connectivity index (χ3v) is 4.20. The minimum Gasteiger partial charge on any atom is -0.356 e. The molecule has 0 unspecified atom stereocenters. The van der Waals surface area contributed by atoms with E-state index in [0.717, 1.165) is 0 Å². The lowest BCUT2D eigenvalue weighted by atomic mass is 9.96. The van der Waals surface area contributed by atoms with Gasteiger partial charge in [-0.1, -0.05) is 50.0 Å². The van der Waals surface area contributed by atoms with Crippen LogP contribution in [0.3, 0.4) is 0 Å². The first-order chi connectivity index (χ1) is 12.0. The molecule has 3 amide bonds. The van der Waals surface area contributed by atoms with E-state index in [2.05, 4.69) is 10.6 Å². The molecule has 8 heteroatoms. The number of hydrogen-bond donors (Lipinski definition) is 2. The fraction of sp³-hybridized carbons (Fsp3) is 0.500. The lowest BCUT2D eigenvalue weighted by molar-refractivity contribution is -0.133. The molecule has 0 saturated heterocycles.